The fourth-order valence-corrected chi connectivity index (χ4v) is 3.25. The lowest BCUT2D eigenvalue weighted by Crippen LogP contribution is -2.42. The Morgan fingerprint density at radius 3 is 2.60 bits per heavy atom. The third-order valence-corrected chi connectivity index (χ3v) is 5.23. The number of anilines is 2. The van der Waals surface area contributed by atoms with Gasteiger partial charge in [-0.1, -0.05) is 11.6 Å². The first-order valence-electron chi connectivity index (χ1n) is 10.3. The van der Waals surface area contributed by atoms with Gasteiger partial charge < -0.3 is 15.7 Å². The molecule has 35 heavy (non-hydrogen) atoms. The summed E-state index contributed by atoms with van der Waals surface area (Å²) in [7, 11) is 0. The summed E-state index contributed by atoms with van der Waals surface area (Å²) in [5.41, 5.74) is 0.0601. The maximum atomic E-state index is 14.1. The molecule has 4 aromatic rings. The van der Waals surface area contributed by atoms with E-state index in [0.717, 1.165) is 6.20 Å². The number of hydrogen-bond acceptors (Lipinski definition) is 7. The van der Waals surface area contributed by atoms with Crippen molar-refractivity contribution < 1.29 is 23.1 Å². The quantitative estimate of drug-likeness (QED) is 0.332. The van der Waals surface area contributed by atoms with Crippen molar-refractivity contribution in [2.75, 3.05) is 11.9 Å². The largest absolute Gasteiger partial charge is 0.387 e. The van der Waals surface area contributed by atoms with Gasteiger partial charge in [0.1, 0.15) is 6.17 Å². The minimum atomic E-state index is -2.85. The van der Waals surface area contributed by atoms with E-state index in [1.165, 1.54) is 49.2 Å². The predicted molar refractivity (Wildman–Crippen MR) is 122 cm³/mol. The maximum absolute atomic E-state index is 14.1. The molecule has 0 aliphatic heterocycles. The standard InChI is InChI=1S/C21H20ClF3N8O2/c1-21(2,35)17(23)8-28-19(34)14-6-26-15(13-7-30-32-9-11(22)4-27-18(13)32)3-16(14)31-12-5-29-33(10-12)20(24)25/h3-7,9-10,17,20,35H,8H2,1-2H3,(H,26,31)(H,28,34)/t17-/m1/s1. The van der Waals surface area contributed by atoms with Crippen molar-refractivity contribution in [2.45, 2.75) is 32.2 Å². The van der Waals surface area contributed by atoms with Crippen LogP contribution in [0.4, 0.5) is 24.5 Å². The van der Waals surface area contributed by atoms with Gasteiger partial charge in [-0.2, -0.15) is 19.0 Å². The number of carbonyl (C=O) groups is 1. The molecule has 0 spiro atoms. The Kier molecular flexibility index (Phi) is 6.63. The van der Waals surface area contributed by atoms with Gasteiger partial charge in [0.2, 0.25) is 0 Å². The van der Waals surface area contributed by atoms with Gasteiger partial charge in [-0.3, -0.25) is 9.78 Å². The normalized spacial score (nSPS) is 12.8. The molecule has 4 aromatic heterocycles. The van der Waals surface area contributed by atoms with Gasteiger partial charge in [-0.15, -0.1) is 0 Å². The van der Waals surface area contributed by atoms with Crippen molar-refractivity contribution in [3.05, 3.63) is 53.8 Å². The Morgan fingerprint density at radius 2 is 1.91 bits per heavy atom. The molecule has 0 unspecified atom stereocenters. The highest BCUT2D eigenvalue weighted by molar-refractivity contribution is 6.30. The monoisotopic (exact) mass is 508 g/mol. The number of nitrogens with zero attached hydrogens (tertiary/aromatic N) is 6. The first-order chi connectivity index (χ1) is 16.5. The first kappa shape index (κ1) is 24.4. The zero-order valence-corrected chi connectivity index (χ0v) is 19.2. The molecular weight excluding hydrogens is 489 g/mol. The van der Waals surface area contributed by atoms with Crippen molar-refractivity contribution in [2.24, 2.45) is 0 Å². The summed E-state index contributed by atoms with van der Waals surface area (Å²) >= 11 is 5.95. The molecule has 3 N–H and O–H groups in total. The number of fused-ring (bicyclic) bond motifs is 1. The smallest absolute Gasteiger partial charge is 0.333 e. The Balaban J connectivity index is 1.70. The van der Waals surface area contributed by atoms with E-state index in [4.69, 9.17) is 11.6 Å². The molecular formula is C21H20ClF3N8O2. The number of amides is 1. The zero-order valence-electron chi connectivity index (χ0n) is 18.5. The van der Waals surface area contributed by atoms with Crippen molar-refractivity contribution >= 4 is 34.5 Å². The molecule has 184 valence electrons. The number of rotatable bonds is 8. The molecule has 10 nitrogen and oxygen atoms in total. The second-order valence-corrected chi connectivity index (χ2v) is 8.59. The molecule has 0 saturated carbocycles. The van der Waals surface area contributed by atoms with Gasteiger partial charge in [0.15, 0.2) is 5.65 Å². The Labute approximate surface area is 201 Å². The highest BCUT2D eigenvalue weighted by Crippen LogP contribution is 2.29. The molecule has 0 aliphatic carbocycles. The van der Waals surface area contributed by atoms with Crippen LogP contribution in [-0.2, 0) is 0 Å². The molecule has 4 heterocycles. The fourth-order valence-electron chi connectivity index (χ4n) is 3.11. The number of hydrogen-bond donors (Lipinski definition) is 3. The van der Waals surface area contributed by atoms with E-state index in [1.54, 1.807) is 6.20 Å². The zero-order chi connectivity index (χ0) is 25.3. The number of aliphatic hydroxyl groups is 1. The number of carbonyl (C=O) groups excluding carboxylic acids is 1. The van der Waals surface area contributed by atoms with E-state index in [9.17, 15) is 23.1 Å². The van der Waals surface area contributed by atoms with Crippen LogP contribution in [0.1, 0.15) is 30.8 Å². The third kappa shape index (κ3) is 5.35. The molecule has 0 saturated heterocycles. The average molecular weight is 509 g/mol. The van der Waals surface area contributed by atoms with Gasteiger partial charge in [0, 0.05) is 12.4 Å². The molecule has 0 aliphatic rings. The maximum Gasteiger partial charge on any atom is 0.333 e. The fraction of sp³-hybridized carbons (Fsp3) is 0.286. The summed E-state index contributed by atoms with van der Waals surface area (Å²) < 4.78 is 41.9. The van der Waals surface area contributed by atoms with Crippen LogP contribution in [0.2, 0.25) is 5.02 Å². The Bertz CT molecular complexity index is 1370. The molecule has 1 atom stereocenters. The first-order valence-corrected chi connectivity index (χ1v) is 10.6. The lowest BCUT2D eigenvalue weighted by molar-refractivity contribution is -0.00177. The van der Waals surface area contributed by atoms with Gasteiger partial charge in [0.25, 0.3) is 5.91 Å². The van der Waals surface area contributed by atoms with Crippen molar-refractivity contribution in [1.82, 2.24) is 34.7 Å². The second kappa shape index (κ2) is 9.50. The molecule has 0 bridgehead atoms. The number of pyridine rings is 1. The number of nitrogens with one attached hydrogen (secondary N) is 2. The molecule has 4 rings (SSSR count). The SMILES string of the molecule is CC(C)(O)[C@H](F)CNC(=O)c1cnc(-c2cnn3cc(Cl)cnc23)cc1Nc1cnn(C(F)F)c1. The number of aromatic nitrogens is 6. The summed E-state index contributed by atoms with van der Waals surface area (Å²) in [6.07, 6.45) is 6.27. The summed E-state index contributed by atoms with van der Waals surface area (Å²) in [4.78, 5) is 21.4. The van der Waals surface area contributed by atoms with Crippen LogP contribution < -0.4 is 10.6 Å². The predicted octanol–water partition coefficient (Wildman–Crippen LogP) is 3.62. The molecule has 14 heteroatoms. The summed E-state index contributed by atoms with van der Waals surface area (Å²) in [5, 5.41) is 23.2. The van der Waals surface area contributed by atoms with Crippen LogP contribution in [0.5, 0.6) is 0 Å². The lowest BCUT2D eigenvalue weighted by Gasteiger charge is -2.22. The van der Waals surface area contributed by atoms with Gasteiger partial charge in [-0.05, 0) is 19.9 Å². The van der Waals surface area contributed by atoms with E-state index in [-0.39, 0.29) is 16.9 Å². The van der Waals surface area contributed by atoms with Crippen LogP contribution >= 0.6 is 11.6 Å². The number of alkyl halides is 3. The summed E-state index contributed by atoms with van der Waals surface area (Å²) in [6.45, 7) is -0.733. The molecule has 1 amide bonds. The van der Waals surface area contributed by atoms with Gasteiger partial charge in [0.05, 0.1) is 70.2 Å². The topological polar surface area (TPSA) is 122 Å². The van der Waals surface area contributed by atoms with Crippen molar-refractivity contribution in [3.8, 4) is 11.3 Å². The summed E-state index contributed by atoms with van der Waals surface area (Å²) in [6, 6.07) is 1.50. The van der Waals surface area contributed by atoms with Crippen molar-refractivity contribution in [3.63, 3.8) is 0 Å². The molecule has 0 radical (unpaired) electrons. The number of halogens is 4. The van der Waals surface area contributed by atoms with E-state index >= 15 is 0 Å². The van der Waals surface area contributed by atoms with Crippen LogP contribution in [0.15, 0.2) is 43.2 Å². The van der Waals surface area contributed by atoms with Crippen LogP contribution in [0.3, 0.4) is 0 Å². The average Bonchev–Trinajstić information content (AvgIpc) is 3.43. The molecule has 0 fully saturated rings. The Morgan fingerprint density at radius 1 is 1.14 bits per heavy atom. The highest BCUT2D eigenvalue weighted by atomic mass is 35.5. The molecule has 0 aromatic carbocycles. The van der Waals surface area contributed by atoms with Crippen molar-refractivity contribution in [1.29, 1.82) is 0 Å². The van der Waals surface area contributed by atoms with Crippen LogP contribution in [-0.4, -0.2) is 58.7 Å². The van der Waals surface area contributed by atoms with E-state index in [2.05, 4.69) is 30.8 Å². The Hall–Kier alpha value is -3.71. The second-order valence-electron chi connectivity index (χ2n) is 8.16. The van der Waals surface area contributed by atoms with Gasteiger partial charge in [-0.25, -0.2) is 18.6 Å². The van der Waals surface area contributed by atoms with E-state index in [1.807, 2.05) is 0 Å². The highest BCUT2D eigenvalue weighted by Gasteiger charge is 2.27. The minimum absolute atomic E-state index is 0.00831. The summed E-state index contributed by atoms with van der Waals surface area (Å²) in [5.74, 6) is -0.690. The lowest BCUT2D eigenvalue weighted by atomic mass is 10.0. The van der Waals surface area contributed by atoms with Crippen LogP contribution in [0, 0.1) is 0 Å². The van der Waals surface area contributed by atoms with E-state index < -0.39 is 30.8 Å². The van der Waals surface area contributed by atoms with Gasteiger partial charge >= 0.3 is 6.55 Å². The third-order valence-electron chi connectivity index (χ3n) is 5.04. The van der Waals surface area contributed by atoms with E-state index in [0.29, 0.717) is 26.6 Å². The minimum Gasteiger partial charge on any atom is -0.387 e. The van der Waals surface area contributed by atoms with Crippen LogP contribution in [0.25, 0.3) is 16.9 Å².